The standard InChI is InChI=1S/C90H153NO8/c1-6-8-10-12-14-16-18-20-22-24-26-28-30-32-34-36-38-40-42-43-44-45-47-48-50-52-54-56-58-60-62-64-66-68-70-72-74-76-78-80-87(92)97-84-86(85-98-90(89(94)95)96-83-82-91(3,4)5)99-88(93)81-79-77-75-73-71-69-67-65-63-61-59-57-55-53-51-49-46-41-39-37-35-33-31-29-27-25-23-21-19-17-15-13-11-9-7-2/h9,11,15,17-18,20-21,23-24,26-27,29-30,32-33,35,39,41,49,51,55,57,61,63,86,90H,6-8,10,12-14,16,19,22,25,28,31,34,36-38,40,42-48,50,52-54,56,58-60,62,64-85H2,1-5H3/p+1/b11-9-,17-15-,20-18-,23-21-,26-24-,29-27-,32-30-,35-33-,41-39-,51-49-,57-55-,63-61-. The van der Waals surface area contributed by atoms with Crippen LogP contribution in [-0.2, 0) is 33.3 Å². The number of quaternary nitrogens is 1. The molecule has 0 saturated heterocycles. The number of unbranched alkanes of at least 4 members (excludes halogenated alkanes) is 36. The van der Waals surface area contributed by atoms with Gasteiger partial charge in [0, 0.05) is 12.8 Å². The van der Waals surface area contributed by atoms with Crippen molar-refractivity contribution in [1.82, 2.24) is 0 Å². The number of carboxylic acids is 1. The lowest BCUT2D eigenvalue weighted by molar-refractivity contribution is -0.870. The number of allylic oxidation sites excluding steroid dienone is 24. The highest BCUT2D eigenvalue weighted by molar-refractivity contribution is 5.71. The number of hydrogen-bond acceptors (Lipinski definition) is 7. The molecule has 0 radical (unpaired) electrons. The molecule has 2 unspecified atom stereocenters. The molecule has 1 N–H and O–H groups in total. The Labute approximate surface area is 611 Å². The topological polar surface area (TPSA) is 108 Å². The molecule has 0 aliphatic rings. The number of hydrogen-bond donors (Lipinski definition) is 1. The molecule has 0 aromatic heterocycles. The van der Waals surface area contributed by atoms with Crippen molar-refractivity contribution in [2.75, 3.05) is 47.5 Å². The van der Waals surface area contributed by atoms with Crippen molar-refractivity contribution >= 4 is 17.9 Å². The average molecular weight is 1380 g/mol. The molecule has 0 rings (SSSR count). The molecule has 9 heteroatoms. The third-order valence-electron chi connectivity index (χ3n) is 17.6. The van der Waals surface area contributed by atoms with Gasteiger partial charge in [0.05, 0.1) is 34.4 Å². The SMILES string of the molecule is CC/C=C\C/C=C\C/C=C\C/C=C\C/C=C\C/C=C\C/C=C\C/C=C\C/C=C\CCCCCCCCCC(=O)OC(COC(=O)CCCCCCCCCCCCCCCCCCCCCCCCCC/C=C\C/C=C\C/C=C\CCCCCCC)COC(OCC[N+](C)(C)C)C(=O)O. The summed E-state index contributed by atoms with van der Waals surface area (Å²) in [5.41, 5.74) is 0. The van der Waals surface area contributed by atoms with Crippen molar-refractivity contribution in [2.45, 2.75) is 360 Å². The minimum Gasteiger partial charge on any atom is -0.477 e. The molecule has 566 valence electrons. The summed E-state index contributed by atoms with van der Waals surface area (Å²) in [5.74, 6) is -2.02. The molecule has 0 aromatic carbocycles. The minimum atomic E-state index is -1.52. The summed E-state index contributed by atoms with van der Waals surface area (Å²) < 4.78 is 23.0. The second kappa shape index (κ2) is 78.9. The van der Waals surface area contributed by atoms with Crippen LogP contribution in [0.2, 0.25) is 0 Å². The van der Waals surface area contributed by atoms with Gasteiger partial charge in [-0.05, 0) is 122 Å². The van der Waals surface area contributed by atoms with Crippen LogP contribution in [-0.4, -0.2) is 87.4 Å². The van der Waals surface area contributed by atoms with Crippen LogP contribution in [0.5, 0.6) is 0 Å². The summed E-state index contributed by atoms with van der Waals surface area (Å²) in [5, 5.41) is 9.78. The maximum absolute atomic E-state index is 13.0. The number of aliphatic carboxylic acids is 1. The lowest BCUT2D eigenvalue weighted by Gasteiger charge is -2.25. The number of likely N-dealkylation sites (N-methyl/N-ethyl adjacent to an activating group) is 1. The number of esters is 2. The zero-order valence-electron chi connectivity index (χ0n) is 64.9. The molecule has 0 fully saturated rings. The first kappa shape index (κ1) is 94.2. The predicted octanol–water partition coefficient (Wildman–Crippen LogP) is 26.6. The van der Waals surface area contributed by atoms with Crippen LogP contribution in [0, 0.1) is 0 Å². The number of rotatable bonds is 75. The normalized spacial score (nSPS) is 13.4. The van der Waals surface area contributed by atoms with Crippen molar-refractivity contribution in [2.24, 2.45) is 0 Å². The molecular weight excluding hydrogens is 1220 g/mol. The molecule has 0 amide bonds. The Morgan fingerprint density at radius 2 is 0.576 bits per heavy atom. The van der Waals surface area contributed by atoms with Gasteiger partial charge in [0.2, 0.25) is 0 Å². The highest BCUT2D eigenvalue weighted by atomic mass is 16.7. The molecule has 2 atom stereocenters. The van der Waals surface area contributed by atoms with E-state index in [4.69, 9.17) is 18.9 Å². The molecule has 0 aromatic rings. The molecule has 0 bridgehead atoms. The van der Waals surface area contributed by atoms with Crippen molar-refractivity contribution in [3.05, 3.63) is 146 Å². The van der Waals surface area contributed by atoms with E-state index in [1.807, 2.05) is 21.1 Å². The first-order valence-electron chi connectivity index (χ1n) is 41.0. The zero-order chi connectivity index (χ0) is 71.8. The first-order chi connectivity index (χ1) is 48.6. The number of carbonyl (C=O) groups excluding carboxylic acids is 2. The number of carbonyl (C=O) groups is 3. The van der Waals surface area contributed by atoms with Gasteiger partial charge in [-0.15, -0.1) is 0 Å². The van der Waals surface area contributed by atoms with E-state index in [2.05, 4.69) is 160 Å². The first-order valence-corrected chi connectivity index (χ1v) is 41.0. The molecule has 0 spiro atoms. The van der Waals surface area contributed by atoms with Crippen molar-refractivity contribution in [3.8, 4) is 0 Å². The van der Waals surface area contributed by atoms with E-state index in [0.717, 1.165) is 116 Å². The highest BCUT2D eigenvalue weighted by Crippen LogP contribution is 2.18. The van der Waals surface area contributed by atoms with Gasteiger partial charge in [-0.1, -0.05) is 359 Å². The predicted molar refractivity (Wildman–Crippen MR) is 428 cm³/mol. The van der Waals surface area contributed by atoms with Crippen molar-refractivity contribution < 1.29 is 42.9 Å². The lowest BCUT2D eigenvalue weighted by atomic mass is 10.0. The van der Waals surface area contributed by atoms with Crippen molar-refractivity contribution in [3.63, 3.8) is 0 Å². The highest BCUT2D eigenvalue weighted by Gasteiger charge is 2.25. The largest absolute Gasteiger partial charge is 0.477 e. The molecule has 0 heterocycles. The monoisotopic (exact) mass is 1380 g/mol. The fourth-order valence-corrected chi connectivity index (χ4v) is 11.4. The van der Waals surface area contributed by atoms with Crippen LogP contribution in [0.25, 0.3) is 0 Å². The van der Waals surface area contributed by atoms with Crippen LogP contribution >= 0.6 is 0 Å². The average Bonchev–Trinajstić information content (AvgIpc) is 1.16. The molecule has 9 nitrogen and oxygen atoms in total. The van der Waals surface area contributed by atoms with E-state index in [1.165, 1.54) is 199 Å². The van der Waals surface area contributed by atoms with Crippen molar-refractivity contribution in [1.29, 1.82) is 0 Å². The Kier molecular flexibility index (Phi) is 75.0. The van der Waals surface area contributed by atoms with Gasteiger partial charge in [-0.3, -0.25) is 9.59 Å². The fraction of sp³-hybridized carbons (Fsp3) is 0.700. The maximum atomic E-state index is 13.0. The molecule has 0 aliphatic heterocycles. The van der Waals surface area contributed by atoms with Gasteiger partial charge in [-0.2, -0.15) is 0 Å². The second-order valence-electron chi connectivity index (χ2n) is 28.3. The molecule has 0 saturated carbocycles. The fourth-order valence-electron chi connectivity index (χ4n) is 11.4. The molecular formula is C90H154NO8+. The lowest BCUT2D eigenvalue weighted by Crippen LogP contribution is -2.40. The summed E-state index contributed by atoms with van der Waals surface area (Å²) in [6.07, 6.45) is 113. The van der Waals surface area contributed by atoms with E-state index < -0.39 is 24.3 Å². The summed E-state index contributed by atoms with van der Waals surface area (Å²) in [7, 11) is 5.98. The summed E-state index contributed by atoms with van der Waals surface area (Å²) in [4.78, 5) is 37.8. The van der Waals surface area contributed by atoms with Crippen LogP contribution in [0.1, 0.15) is 348 Å². The smallest absolute Gasteiger partial charge is 0.361 e. The van der Waals surface area contributed by atoms with Crippen LogP contribution in [0.3, 0.4) is 0 Å². The van der Waals surface area contributed by atoms with E-state index in [-0.39, 0.29) is 32.2 Å². The molecule has 0 aliphatic carbocycles. The van der Waals surface area contributed by atoms with Crippen LogP contribution < -0.4 is 0 Å². The Bertz CT molecular complexity index is 2150. The van der Waals surface area contributed by atoms with Gasteiger partial charge in [0.15, 0.2) is 6.10 Å². The summed E-state index contributed by atoms with van der Waals surface area (Å²) >= 11 is 0. The maximum Gasteiger partial charge on any atom is 0.361 e. The summed E-state index contributed by atoms with van der Waals surface area (Å²) in [6, 6.07) is 0. The van der Waals surface area contributed by atoms with Gasteiger partial charge >= 0.3 is 17.9 Å². The van der Waals surface area contributed by atoms with Gasteiger partial charge in [-0.25, -0.2) is 4.79 Å². The molecule has 99 heavy (non-hydrogen) atoms. The van der Waals surface area contributed by atoms with E-state index >= 15 is 0 Å². The third kappa shape index (κ3) is 80.4. The van der Waals surface area contributed by atoms with Crippen LogP contribution in [0.4, 0.5) is 0 Å². The van der Waals surface area contributed by atoms with E-state index in [1.54, 1.807) is 0 Å². The summed E-state index contributed by atoms with van der Waals surface area (Å²) in [6.45, 7) is 4.76. The Morgan fingerprint density at radius 1 is 0.313 bits per heavy atom. The second-order valence-corrected chi connectivity index (χ2v) is 28.3. The van der Waals surface area contributed by atoms with Gasteiger partial charge < -0.3 is 28.5 Å². The minimum absolute atomic E-state index is 0.180. The van der Waals surface area contributed by atoms with Gasteiger partial charge in [0.25, 0.3) is 6.29 Å². The van der Waals surface area contributed by atoms with E-state index in [0.29, 0.717) is 23.9 Å². The number of nitrogens with zero attached hydrogens (tertiary/aromatic N) is 1. The zero-order valence-corrected chi connectivity index (χ0v) is 64.9. The number of carboxylic acid groups (broad SMARTS) is 1. The van der Waals surface area contributed by atoms with E-state index in [9.17, 15) is 19.5 Å². The third-order valence-corrected chi connectivity index (χ3v) is 17.6. The quantitative estimate of drug-likeness (QED) is 0.0211. The Morgan fingerprint density at radius 3 is 0.859 bits per heavy atom. The Hall–Kier alpha value is -4.83. The van der Waals surface area contributed by atoms with Gasteiger partial charge in [0.1, 0.15) is 13.2 Å². The number of ether oxygens (including phenoxy) is 4. The van der Waals surface area contributed by atoms with Crippen LogP contribution in [0.15, 0.2) is 146 Å². The Balaban J connectivity index is 4.06.